The molecule has 1 N–H and O–H groups in total. The Kier molecular flexibility index (Phi) is 5.33. The van der Waals surface area contributed by atoms with Crippen LogP contribution < -0.4 is 0 Å². The topological polar surface area (TPSA) is 41.8 Å². The number of benzene rings is 2. The minimum atomic E-state index is -0.220. The van der Waals surface area contributed by atoms with Gasteiger partial charge in [0.15, 0.2) is 0 Å². The Balaban J connectivity index is 2.01. The van der Waals surface area contributed by atoms with Crippen molar-refractivity contribution in [3.8, 4) is 0 Å². The van der Waals surface area contributed by atoms with Crippen molar-refractivity contribution in [1.29, 1.82) is 0 Å². The number of nitrogens with zero attached hydrogens (tertiary/aromatic N) is 1. The van der Waals surface area contributed by atoms with Crippen molar-refractivity contribution in [3.05, 3.63) is 71.8 Å². The normalized spacial score (nSPS) is 13.2. The summed E-state index contributed by atoms with van der Waals surface area (Å²) in [6.45, 7) is 2.28. The summed E-state index contributed by atoms with van der Waals surface area (Å²) >= 11 is 0. The van der Waals surface area contributed by atoms with Crippen molar-refractivity contribution >= 4 is 5.71 Å². The van der Waals surface area contributed by atoms with Gasteiger partial charge in [0.1, 0.15) is 6.10 Å². The molecule has 0 aliphatic heterocycles. The maximum Gasteiger partial charge on any atom is 0.103 e. The molecule has 0 heterocycles. The minimum Gasteiger partial charge on any atom is -0.411 e. The second kappa shape index (κ2) is 7.46. The Hall–Kier alpha value is -2.13. The maximum absolute atomic E-state index is 8.99. The summed E-state index contributed by atoms with van der Waals surface area (Å²) in [6.07, 6.45) is 0.478. The van der Waals surface area contributed by atoms with Crippen LogP contribution in [-0.2, 0) is 17.8 Å². The molecule has 0 radical (unpaired) electrons. The molecule has 1 atom stereocenters. The third-order valence-corrected chi connectivity index (χ3v) is 3.18. The molecule has 3 heteroatoms. The predicted octanol–water partition coefficient (Wildman–Crippen LogP) is 3.66. The fourth-order valence-electron chi connectivity index (χ4n) is 1.99. The van der Waals surface area contributed by atoms with E-state index < -0.39 is 0 Å². The first-order valence-electron chi connectivity index (χ1n) is 6.67. The van der Waals surface area contributed by atoms with Gasteiger partial charge in [-0.3, -0.25) is 0 Å². The first kappa shape index (κ1) is 14.3. The maximum atomic E-state index is 8.99. The van der Waals surface area contributed by atoms with Gasteiger partial charge in [0.25, 0.3) is 0 Å². The molecule has 2 aromatic rings. The van der Waals surface area contributed by atoms with Gasteiger partial charge < -0.3 is 9.94 Å². The second-order valence-electron chi connectivity index (χ2n) is 4.72. The first-order valence-corrected chi connectivity index (χ1v) is 6.67. The van der Waals surface area contributed by atoms with Crippen molar-refractivity contribution in [1.82, 2.24) is 0 Å². The van der Waals surface area contributed by atoms with E-state index in [0.717, 1.165) is 11.1 Å². The van der Waals surface area contributed by atoms with Crippen molar-refractivity contribution in [2.45, 2.75) is 26.1 Å². The highest BCUT2D eigenvalue weighted by molar-refractivity contribution is 5.86. The van der Waals surface area contributed by atoms with Crippen molar-refractivity contribution < 1.29 is 9.94 Å². The average Bonchev–Trinajstić information content (AvgIpc) is 2.52. The van der Waals surface area contributed by atoms with Crippen molar-refractivity contribution in [2.75, 3.05) is 0 Å². The molecule has 0 fully saturated rings. The Morgan fingerprint density at radius 2 is 1.55 bits per heavy atom. The van der Waals surface area contributed by atoms with Crippen LogP contribution in [0.1, 0.15) is 18.1 Å². The fourth-order valence-corrected chi connectivity index (χ4v) is 1.99. The van der Waals surface area contributed by atoms with Gasteiger partial charge in [-0.1, -0.05) is 65.8 Å². The second-order valence-corrected chi connectivity index (χ2v) is 4.72. The smallest absolute Gasteiger partial charge is 0.103 e. The van der Waals surface area contributed by atoms with Gasteiger partial charge in [0, 0.05) is 6.42 Å². The van der Waals surface area contributed by atoms with Gasteiger partial charge in [-0.2, -0.15) is 0 Å². The molecule has 0 aliphatic carbocycles. The molecule has 104 valence electrons. The van der Waals surface area contributed by atoms with E-state index >= 15 is 0 Å². The van der Waals surface area contributed by atoms with E-state index in [1.54, 1.807) is 6.92 Å². The summed E-state index contributed by atoms with van der Waals surface area (Å²) in [7, 11) is 0. The highest BCUT2D eigenvalue weighted by Crippen LogP contribution is 2.11. The summed E-state index contributed by atoms with van der Waals surface area (Å²) in [4.78, 5) is 0. The monoisotopic (exact) mass is 269 g/mol. The van der Waals surface area contributed by atoms with Crippen LogP contribution in [0.3, 0.4) is 0 Å². The van der Waals surface area contributed by atoms with Gasteiger partial charge in [-0.25, -0.2) is 0 Å². The molecule has 0 unspecified atom stereocenters. The largest absolute Gasteiger partial charge is 0.411 e. The zero-order valence-electron chi connectivity index (χ0n) is 11.6. The SMILES string of the molecule is C/C(=N\O)[C@H](Cc1ccccc1)OCc1ccccc1. The summed E-state index contributed by atoms with van der Waals surface area (Å²) in [5, 5.41) is 12.3. The number of oxime groups is 1. The number of ether oxygens (including phenoxy) is 1. The van der Waals surface area contributed by atoms with E-state index in [-0.39, 0.29) is 6.10 Å². The van der Waals surface area contributed by atoms with Gasteiger partial charge in [0.2, 0.25) is 0 Å². The van der Waals surface area contributed by atoms with Gasteiger partial charge in [0.05, 0.1) is 12.3 Å². The Morgan fingerprint density at radius 1 is 1.00 bits per heavy atom. The van der Waals surface area contributed by atoms with Crippen LogP contribution in [0.15, 0.2) is 65.8 Å². The molecule has 0 saturated heterocycles. The molecular weight excluding hydrogens is 250 g/mol. The Morgan fingerprint density at radius 3 is 2.10 bits per heavy atom. The van der Waals surface area contributed by atoms with E-state index in [1.807, 2.05) is 60.7 Å². The lowest BCUT2D eigenvalue weighted by molar-refractivity contribution is 0.0818. The van der Waals surface area contributed by atoms with E-state index in [9.17, 15) is 0 Å². The molecule has 0 saturated carbocycles. The number of hydrogen-bond donors (Lipinski definition) is 1. The summed E-state index contributed by atoms with van der Waals surface area (Å²) in [6, 6.07) is 20.0. The Bertz CT molecular complexity index is 537. The lowest BCUT2D eigenvalue weighted by Crippen LogP contribution is -2.24. The van der Waals surface area contributed by atoms with Crippen molar-refractivity contribution in [3.63, 3.8) is 0 Å². The molecule has 3 nitrogen and oxygen atoms in total. The molecule has 0 aromatic heterocycles. The highest BCUT2D eigenvalue weighted by atomic mass is 16.5. The third kappa shape index (κ3) is 4.21. The van der Waals surface area contributed by atoms with E-state index in [2.05, 4.69) is 5.16 Å². The quantitative estimate of drug-likeness (QED) is 0.494. The first-order chi connectivity index (χ1) is 9.79. The molecule has 0 spiro atoms. The fraction of sp³-hybridized carbons (Fsp3) is 0.235. The van der Waals surface area contributed by atoms with E-state index in [4.69, 9.17) is 9.94 Å². The van der Waals surface area contributed by atoms with E-state index in [1.165, 1.54) is 0 Å². The highest BCUT2D eigenvalue weighted by Gasteiger charge is 2.14. The summed E-state index contributed by atoms with van der Waals surface area (Å²) in [5.74, 6) is 0. The van der Waals surface area contributed by atoms with Gasteiger partial charge in [-0.05, 0) is 18.1 Å². The van der Waals surface area contributed by atoms with Gasteiger partial charge >= 0.3 is 0 Å². The van der Waals surface area contributed by atoms with Crippen LogP contribution in [0.4, 0.5) is 0 Å². The van der Waals surface area contributed by atoms with E-state index in [0.29, 0.717) is 18.7 Å². The summed E-state index contributed by atoms with van der Waals surface area (Å²) in [5.41, 5.74) is 2.86. The lowest BCUT2D eigenvalue weighted by Gasteiger charge is -2.17. The number of rotatable bonds is 6. The minimum absolute atomic E-state index is 0.220. The lowest BCUT2D eigenvalue weighted by atomic mass is 10.1. The average molecular weight is 269 g/mol. The molecule has 0 aliphatic rings. The molecular formula is C17H19NO2. The van der Waals surface area contributed by atoms with Gasteiger partial charge in [-0.15, -0.1) is 0 Å². The van der Waals surface area contributed by atoms with Crippen LogP contribution in [0.2, 0.25) is 0 Å². The molecule has 2 aromatic carbocycles. The van der Waals surface area contributed by atoms with Crippen molar-refractivity contribution in [2.24, 2.45) is 5.16 Å². The molecule has 0 amide bonds. The summed E-state index contributed by atoms with van der Waals surface area (Å²) < 4.78 is 5.89. The van der Waals surface area contributed by atoms with Crippen LogP contribution in [0.5, 0.6) is 0 Å². The molecule has 0 bridgehead atoms. The third-order valence-electron chi connectivity index (χ3n) is 3.18. The zero-order valence-corrected chi connectivity index (χ0v) is 11.6. The molecule has 2 rings (SSSR count). The standard InChI is InChI=1S/C17H19NO2/c1-14(18-19)17(12-15-8-4-2-5-9-15)20-13-16-10-6-3-7-11-16/h2-11,17,19H,12-13H2,1H3/b18-14+/t17-/m0/s1. The van der Waals surface area contributed by atoms with Crippen LogP contribution in [0, 0.1) is 0 Å². The Labute approximate surface area is 119 Å². The molecule has 20 heavy (non-hydrogen) atoms. The number of hydrogen-bond acceptors (Lipinski definition) is 3. The van der Waals surface area contributed by atoms with Crippen LogP contribution in [0.25, 0.3) is 0 Å². The zero-order chi connectivity index (χ0) is 14.2. The predicted molar refractivity (Wildman–Crippen MR) is 80.1 cm³/mol. The van der Waals surface area contributed by atoms with Crippen LogP contribution in [-0.4, -0.2) is 17.0 Å². The van der Waals surface area contributed by atoms with Crippen LogP contribution >= 0.6 is 0 Å².